The Balaban J connectivity index is 1.22. The molecule has 1 saturated heterocycles. The van der Waals surface area contributed by atoms with Gasteiger partial charge in [0.25, 0.3) is 5.91 Å². The van der Waals surface area contributed by atoms with Gasteiger partial charge in [0.1, 0.15) is 5.75 Å². The largest absolute Gasteiger partial charge is 0.497 e. The molecule has 0 radical (unpaired) electrons. The second-order valence-electron chi connectivity index (χ2n) is 8.86. The molecule has 5 rings (SSSR count). The third kappa shape index (κ3) is 4.76. The zero-order chi connectivity index (χ0) is 24.4. The molecule has 3 aromatic carbocycles. The number of ether oxygens (including phenoxy) is 1. The quantitative estimate of drug-likeness (QED) is 0.547. The van der Waals surface area contributed by atoms with Crippen LogP contribution >= 0.6 is 0 Å². The van der Waals surface area contributed by atoms with Crippen LogP contribution in [0.1, 0.15) is 21.5 Å². The SMILES string of the molecule is COc1ccc(N2CCN(C(=O)c3ccc(S(=O)(=O)N4CCc5ccccc5C4)cc3)CC2)cc1. The number of hydrogen-bond donors (Lipinski definition) is 0. The number of nitrogens with zero attached hydrogens (tertiary/aromatic N) is 3. The predicted octanol–water partition coefficient (Wildman–Crippen LogP) is 3.40. The van der Waals surface area contributed by atoms with E-state index in [4.69, 9.17) is 4.74 Å². The fourth-order valence-electron chi connectivity index (χ4n) is 4.74. The smallest absolute Gasteiger partial charge is 0.253 e. The third-order valence-corrected chi connectivity index (χ3v) is 8.70. The summed E-state index contributed by atoms with van der Waals surface area (Å²) in [6.07, 6.45) is 0.703. The minimum absolute atomic E-state index is 0.0739. The van der Waals surface area contributed by atoms with Crippen molar-refractivity contribution in [2.75, 3.05) is 44.7 Å². The van der Waals surface area contributed by atoms with Crippen molar-refractivity contribution in [2.24, 2.45) is 0 Å². The van der Waals surface area contributed by atoms with Crippen LogP contribution in [0, 0.1) is 0 Å². The number of carbonyl (C=O) groups is 1. The lowest BCUT2D eigenvalue weighted by Crippen LogP contribution is -2.48. The fourth-order valence-corrected chi connectivity index (χ4v) is 6.16. The number of hydrogen-bond acceptors (Lipinski definition) is 5. The molecule has 7 nitrogen and oxygen atoms in total. The molecule has 0 saturated carbocycles. The molecule has 0 unspecified atom stereocenters. The lowest BCUT2D eigenvalue weighted by molar-refractivity contribution is 0.0746. The molecule has 0 bridgehead atoms. The van der Waals surface area contributed by atoms with Crippen LogP contribution < -0.4 is 9.64 Å². The molecule has 0 aromatic heterocycles. The molecule has 182 valence electrons. The predicted molar refractivity (Wildman–Crippen MR) is 135 cm³/mol. The number of amides is 1. The van der Waals surface area contributed by atoms with Gasteiger partial charge < -0.3 is 14.5 Å². The van der Waals surface area contributed by atoms with Crippen molar-refractivity contribution in [1.82, 2.24) is 9.21 Å². The second-order valence-corrected chi connectivity index (χ2v) is 10.8. The van der Waals surface area contributed by atoms with Crippen LogP contribution in [-0.4, -0.2) is 63.4 Å². The Hall–Kier alpha value is -3.36. The van der Waals surface area contributed by atoms with Gasteiger partial charge in [-0.05, 0) is 66.1 Å². The standard InChI is InChI=1S/C27H29N3O4S/c1-34-25-10-8-24(9-11-25)28-16-18-29(19-17-28)27(31)22-6-12-26(13-7-22)35(32,33)30-15-14-21-4-2-3-5-23(21)20-30/h2-13H,14-20H2,1H3. The highest BCUT2D eigenvalue weighted by atomic mass is 32.2. The summed E-state index contributed by atoms with van der Waals surface area (Å²) in [5.74, 6) is 0.744. The van der Waals surface area contributed by atoms with E-state index in [9.17, 15) is 13.2 Å². The summed E-state index contributed by atoms with van der Waals surface area (Å²) in [5, 5.41) is 0. The number of carbonyl (C=O) groups excluding carboxylic acids is 1. The number of anilines is 1. The van der Waals surface area contributed by atoms with E-state index in [0.717, 1.165) is 30.1 Å². The summed E-state index contributed by atoms with van der Waals surface area (Å²) in [6.45, 7) is 3.52. The Kier molecular flexibility index (Phi) is 6.49. The second kappa shape index (κ2) is 9.71. The van der Waals surface area contributed by atoms with Crippen LogP contribution in [0.5, 0.6) is 5.75 Å². The zero-order valence-electron chi connectivity index (χ0n) is 19.8. The van der Waals surface area contributed by atoms with Gasteiger partial charge in [-0.1, -0.05) is 24.3 Å². The van der Waals surface area contributed by atoms with Crippen molar-refractivity contribution in [1.29, 1.82) is 0 Å². The normalized spacial score (nSPS) is 16.6. The lowest BCUT2D eigenvalue weighted by atomic mass is 10.0. The fraction of sp³-hybridized carbons (Fsp3) is 0.296. The van der Waals surface area contributed by atoms with Crippen LogP contribution in [0.25, 0.3) is 0 Å². The van der Waals surface area contributed by atoms with E-state index in [1.807, 2.05) is 47.4 Å². The summed E-state index contributed by atoms with van der Waals surface area (Å²) in [4.78, 5) is 17.3. The third-order valence-electron chi connectivity index (χ3n) is 6.84. The Morgan fingerprint density at radius 2 is 1.46 bits per heavy atom. The molecule has 8 heteroatoms. The van der Waals surface area contributed by atoms with E-state index in [-0.39, 0.29) is 10.8 Å². The molecule has 2 aliphatic rings. The maximum absolute atomic E-state index is 13.2. The van der Waals surface area contributed by atoms with E-state index >= 15 is 0 Å². The Bertz CT molecular complexity index is 1300. The first kappa shape index (κ1) is 23.4. The summed E-state index contributed by atoms with van der Waals surface area (Å²) >= 11 is 0. The summed E-state index contributed by atoms with van der Waals surface area (Å²) < 4.78 is 33.2. The van der Waals surface area contributed by atoms with E-state index in [1.165, 1.54) is 9.87 Å². The van der Waals surface area contributed by atoms with E-state index < -0.39 is 10.0 Å². The van der Waals surface area contributed by atoms with Crippen LogP contribution in [-0.2, 0) is 23.0 Å². The topological polar surface area (TPSA) is 70.2 Å². The molecule has 35 heavy (non-hydrogen) atoms. The molecule has 0 spiro atoms. The number of rotatable bonds is 5. The van der Waals surface area contributed by atoms with Crippen LogP contribution in [0.2, 0.25) is 0 Å². The number of methoxy groups -OCH3 is 1. The first-order valence-corrected chi connectivity index (χ1v) is 13.2. The van der Waals surface area contributed by atoms with Gasteiger partial charge in [-0.15, -0.1) is 0 Å². The average Bonchev–Trinajstić information content (AvgIpc) is 2.92. The highest BCUT2D eigenvalue weighted by Gasteiger charge is 2.29. The van der Waals surface area contributed by atoms with E-state index in [0.29, 0.717) is 38.2 Å². The van der Waals surface area contributed by atoms with Crippen molar-refractivity contribution < 1.29 is 17.9 Å². The van der Waals surface area contributed by atoms with Crippen molar-refractivity contribution >= 4 is 21.6 Å². The maximum atomic E-state index is 13.2. The number of fused-ring (bicyclic) bond motifs is 1. The van der Waals surface area contributed by atoms with Gasteiger partial charge in [-0.3, -0.25) is 4.79 Å². The number of benzene rings is 3. The Morgan fingerprint density at radius 3 is 2.11 bits per heavy atom. The summed E-state index contributed by atoms with van der Waals surface area (Å²) in [5.41, 5.74) is 3.86. The van der Waals surface area contributed by atoms with Gasteiger partial charge in [0.15, 0.2) is 0 Å². The lowest BCUT2D eigenvalue weighted by Gasteiger charge is -2.36. The first-order valence-electron chi connectivity index (χ1n) is 11.8. The van der Waals surface area contributed by atoms with Crippen LogP contribution in [0.3, 0.4) is 0 Å². The summed E-state index contributed by atoms with van der Waals surface area (Å²) in [7, 11) is -1.98. The van der Waals surface area contributed by atoms with Crippen molar-refractivity contribution in [3.8, 4) is 5.75 Å². The Morgan fingerprint density at radius 1 is 0.800 bits per heavy atom. The van der Waals surface area contributed by atoms with Gasteiger partial charge in [0.05, 0.1) is 12.0 Å². The van der Waals surface area contributed by atoms with Crippen molar-refractivity contribution in [3.05, 3.63) is 89.5 Å². The number of sulfonamides is 1. The molecule has 3 aromatic rings. The molecule has 2 aliphatic heterocycles. The van der Waals surface area contributed by atoms with Gasteiger partial charge in [-0.2, -0.15) is 4.31 Å². The molecule has 0 N–H and O–H groups in total. The Labute approximate surface area is 206 Å². The molecule has 0 atom stereocenters. The first-order chi connectivity index (χ1) is 17.0. The van der Waals surface area contributed by atoms with Gasteiger partial charge in [0.2, 0.25) is 10.0 Å². The minimum Gasteiger partial charge on any atom is -0.497 e. The van der Waals surface area contributed by atoms with E-state index in [2.05, 4.69) is 11.0 Å². The highest BCUT2D eigenvalue weighted by Crippen LogP contribution is 2.26. The number of piperazine rings is 1. The van der Waals surface area contributed by atoms with Gasteiger partial charge in [0, 0.05) is 50.5 Å². The van der Waals surface area contributed by atoms with Crippen molar-refractivity contribution in [2.45, 2.75) is 17.9 Å². The maximum Gasteiger partial charge on any atom is 0.253 e. The van der Waals surface area contributed by atoms with Crippen LogP contribution in [0.15, 0.2) is 77.7 Å². The average molecular weight is 492 g/mol. The van der Waals surface area contributed by atoms with Crippen molar-refractivity contribution in [3.63, 3.8) is 0 Å². The van der Waals surface area contributed by atoms with Crippen LogP contribution in [0.4, 0.5) is 5.69 Å². The molecule has 1 fully saturated rings. The molecule has 0 aliphatic carbocycles. The highest BCUT2D eigenvalue weighted by molar-refractivity contribution is 7.89. The molecule has 1 amide bonds. The molecule has 2 heterocycles. The summed E-state index contributed by atoms with van der Waals surface area (Å²) in [6, 6.07) is 22.2. The molecular formula is C27H29N3O4S. The van der Waals surface area contributed by atoms with Gasteiger partial charge >= 0.3 is 0 Å². The van der Waals surface area contributed by atoms with E-state index in [1.54, 1.807) is 31.4 Å². The zero-order valence-corrected chi connectivity index (χ0v) is 20.6. The molecular weight excluding hydrogens is 462 g/mol. The minimum atomic E-state index is -3.62. The van der Waals surface area contributed by atoms with Gasteiger partial charge in [-0.25, -0.2) is 8.42 Å². The monoisotopic (exact) mass is 491 g/mol.